The maximum absolute atomic E-state index is 12.3. The van der Waals surface area contributed by atoms with E-state index in [0.717, 1.165) is 31.2 Å². The van der Waals surface area contributed by atoms with Crippen molar-refractivity contribution < 1.29 is 24.2 Å². The number of fused-ring (bicyclic) bond motifs is 1. The van der Waals surface area contributed by atoms with Crippen LogP contribution in [0.5, 0.6) is 0 Å². The van der Waals surface area contributed by atoms with Crippen molar-refractivity contribution in [3.63, 3.8) is 0 Å². The van der Waals surface area contributed by atoms with Gasteiger partial charge < -0.3 is 24.5 Å². The highest BCUT2D eigenvalue weighted by molar-refractivity contribution is 6.42. The Morgan fingerprint density at radius 1 is 1.30 bits per heavy atom. The molecule has 1 heterocycles. The predicted octanol–water partition coefficient (Wildman–Crippen LogP) is 4.06. The van der Waals surface area contributed by atoms with Crippen molar-refractivity contribution in [3.05, 3.63) is 28.5 Å². The molecule has 0 radical (unpaired) electrons. The van der Waals surface area contributed by atoms with Gasteiger partial charge in [-0.3, -0.25) is 4.79 Å². The molecule has 2 N–H and O–H groups in total. The molecule has 1 aliphatic rings. The molecule has 1 aromatic heterocycles. The third kappa shape index (κ3) is 5.86. The SMILES string of the molecule is O=C[C@H](CC(=O)O)NC(=O)O[C@@H](CC1CCCC1)Cn1cnc2cc(Cl)c(Cl)cc21. The minimum absolute atomic E-state index is 0.350. The lowest BCUT2D eigenvalue weighted by molar-refractivity contribution is -0.138. The van der Waals surface area contributed by atoms with Gasteiger partial charge in [0.05, 0.1) is 46.4 Å². The zero-order valence-electron chi connectivity index (χ0n) is 16.2. The molecular formula is C20H23Cl2N3O5. The van der Waals surface area contributed by atoms with Gasteiger partial charge in [-0.05, 0) is 24.5 Å². The number of rotatable bonds is 9. The molecule has 30 heavy (non-hydrogen) atoms. The average Bonchev–Trinajstić information content (AvgIpc) is 3.32. The van der Waals surface area contributed by atoms with E-state index in [1.807, 2.05) is 4.57 Å². The Morgan fingerprint density at radius 2 is 2.00 bits per heavy atom. The summed E-state index contributed by atoms with van der Waals surface area (Å²) >= 11 is 12.2. The number of carbonyl (C=O) groups is 3. The second-order valence-electron chi connectivity index (χ2n) is 7.55. The fourth-order valence-electron chi connectivity index (χ4n) is 3.85. The average molecular weight is 456 g/mol. The molecule has 3 rings (SSSR count). The van der Waals surface area contributed by atoms with E-state index in [4.69, 9.17) is 33.0 Å². The molecule has 0 aliphatic heterocycles. The molecule has 1 amide bonds. The number of imidazole rings is 1. The standard InChI is InChI=1S/C20H23Cl2N3O5/c21-15-7-17-18(8-16(15)22)25(11-23-17)9-14(5-12-3-1-2-4-12)30-20(29)24-13(10-26)6-19(27)28/h7-8,10-14H,1-6,9H2,(H,24,29)(H,27,28)/t13-,14-/m0/s1. The summed E-state index contributed by atoms with van der Waals surface area (Å²) in [6.07, 6.45) is 5.34. The fourth-order valence-corrected chi connectivity index (χ4v) is 4.17. The number of ether oxygens (including phenoxy) is 1. The molecule has 0 saturated heterocycles. The summed E-state index contributed by atoms with van der Waals surface area (Å²) in [7, 11) is 0. The van der Waals surface area contributed by atoms with Crippen molar-refractivity contribution in [2.24, 2.45) is 5.92 Å². The van der Waals surface area contributed by atoms with Crippen LogP contribution in [0.1, 0.15) is 38.5 Å². The van der Waals surface area contributed by atoms with Crippen LogP contribution in [0.2, 0.25) is 10.0 Å². The van der Waals surface area contributed by atoms with Gasteiger partial charge >= 0.3 is 12.1 Å². The molecule has 0 unspecified atom stereocenters. The normalized spacial score (nSPS) is 16.3. The molecule has 1 saturated carbocycles. The van der Waals surface area contributed by atoms with Gasteiger partial charge in [-0.1, -0.05) is 48.9 Å². The number of hydrogen-bond acceptors (Lipinski definition) is 5. The van der Waals surface area contributed by atoms with E-state index in [-0.39, 0.29) is 0 Å². The second kappa shape index (κ2) is 10.1. The van der Waals surface area contributed by atoms with Crippen LogP contribution >= 0.6 is 23.2 Å². The van der Waals surface area contributed by atoms with Gasteiger partial charge in [0.25, 0.3) is 0 Å². The zero-order chi connectivity index (χ0) is 21.7. The quantitative estimate of drug-likeness (QED) is 0.551. The number of nitrogens with one attached hydrogen (secondary N) is 1. The minimum Gasteiger partial charge on any atom is -0.481 e. The van der Waals surface area contributed by atoms with E-state index in [2.05, 4.69) is 10.3 Å². The van der Waals surface area contributed by atoms with Crippen molar-refractivity contribution in [1.82, 2.24) is 14.9 Å². The molecule has 162 valence electrons. The molecule has 0 bridgehead atoms. The Hall–Kier alpha value is -2.32. The van der Waals surface area contributed by atoms with E-state index in [0.29, 0.717) is 40.7 Å². The van der Waals surface area contributed by atoms with Gasteiger partial charge in [0.15, 0.2) is 0 Å². The smallest absolute Gasteiger partial charge is 0.408 e. The number of halogens is 2. The predicted molar refractivity (Wildman–Crippen MR) is 112 cm³/mol. The van der Waals surface area contributed by atoms with Crippen molar-refractivity contribution in [2.45, 2.75) is 57.2 Å². The number of nitrogens with zero attached hydrogens (tertiary/aromatic N) is 2. The first-order valence-electron chi connectivity index (χ1n) is 9.79. The molecule has 1 aromatic carbocycles. The molecule has 1 aliphatic carbocycles. The highest BCUT2D eigenvalue weighted by Crippen LogP contribution is 2.31. The summed E-state index contributed by atoms with van der Waals surface area (Å²) in [5.74, 6) is -0.744. The third-order valence-corrected chi connectivity index (χ3v) is 5.99. The van der Waals surface area contributed by atoms with Crippen LogP contribution in [-0.4, -0.2) is 45.2 Å². The topological polar surface area (TPSA) is 111 Å². The van der Waals surface area contributed by atoms with Crippen LogP contribution in [0.3, 0.4) is 0 Å². The maximum atomic E-state index is 12.3. The maximum Gasteiger partial charge on any atom is 0.408 e. The number of carboxylic acids is 1. The Labute approximate surface area is 183 Å². The molecule has 8 nitrogen and oxygen atoms in total. The van der Waals surface area contributed by atoms with E-state index in [1.54, 1.807) is 18.5 Å². The second-order valence-corrected chi connectivity index (χ2v) is 8.36. The number of aromatic nitrogens is 2. The fraction of sp³-hybridized carbons (Fsp3) is 0.500. The van der Waals surface area contributed by atoms with E-state index in [9.17, 15) is 14.4 Å². The van der Waals surface area contributed by atoms with Gasteiger partial charge in [0, 0.05) is 0 Å². The van der Waals surface area contributed by atoms with Gasteiger partial charge in [-0.25, -0.2) is 9.78 Å². The van der Waals surface area contributed by atoms with Crippen molar-refractivity contribution in [1.29, 1.82) is 0 Å². The number of alkyl carbamates (subject to hydrolysis) is 1. The molecule has 2 aromatic rings. The number of aldehydes is 1. The van der Waals surface area contributed by atoms with E-state index in [1.165, 1.54) is 0 Å². The lowest BCUT2D eigenvalue weighted by atomic mass is 10.00. The highest BCUT2D eigenvalue weighted by Gasteiger charge is 2.25. The lowest BCUT2D eigenvalue weighted by Crippen LogP contribution is -2.40. The Bertz CT molecular complexity index is 927. The number of benzene rings is 1. The number of hydrogen-bond donors (Lipinski definition) is 2. The van der Waals surface area contributed by atoms with Crippen LogP contribution in [0.25, 0.3) is 11.0 Å². The first-order chi connectivity index (χ1) is 14.4. The van der Waals surface area contributed by atoms with Crippen molar-refractivity contribution >= 4 is 52.6 Å². The van der Waals surface area contributed by atoms with Gasteiger partial charge in [0.1, 0.15) is 12.4 Å². The monoisotopic (exact) mass is 455 g/mol. The van der Waals surface area contributed by atoms with Crippen LogP contribution in [0, 0.1) is 5.92 Å². The van der Waals surface area contributed by atoms with E-state index >= 15 is 0 Å². The van der Waals surface area contributed by atoms with Crippen LogP contribution in [0.15, 0.2) is 18.5 Å². The zero-order valence-corrected chi connectivity index (χ0v) is 17.7. The number of carboxylic acid groups (broad SMARTS) is 1. The summed E-state index contributed by atoms with van der Waals surface area (Å²) in [4.78, 5) is 38.5. The van der Waals surface area contributed by atoms with Crippen LogP contribution < -0.4 is 5.32 Å². The molecule has 0 spiro atoms. The molecule has 2 atom stereocenters. The van der Waals surface area contributed by atoms with Crippen LogP contribution in [0.4, 0.5) is 4.79 Å². The van der Waals surface area contributed by atoms with Crippen LogP contribution in [-0.2, 0) is 20.9 Å². The van der Waals surface area contributed by atoms with Gasteiger partial charge in [0.2, 0.25) is 0 Å². The number of aliphatic carboxylic acids is 1. The summed E-state index contributed by atoms with van der Waals surface area (Å²) in [6, 6.07) is 2.25. The van der Waals surface area contributed by atoms with Crippen molar-refractivity contribution in [3.8, 4) is 0 Å². The van der Waals surface area contributed by atoms with Crippen molar-refractivity contribution in [2.75, 3.05) is 0 Å². The minimum atomic E-state index is -1.18. The summed E-state index contributed by atoms with van der Waals surface area (Å²) < 4.78 is 7.44. The van der Waals surface area contributed by atoms with Gasteiger partial charge in [-0.2, -0.15) is 0 Å². The number of carbonyl (C=O) groups excluding carboxylic acids is 2. The summed E-state index contributed by atoms with van der Waals surface area (Å²) in [5.41, 5.74) is 1.44. The first kappa shape index (κ1) is 22.4. The lowest BCUT2D eigenvalue weighted by Gasteiger charge is -2.23. The Kier molecular flexibility index (Phi) is 7.55. The Balaban J connectivity index is 1.74. The Morgan fingerprint density at radius 3 is 2.67 bits per heavy atom. The summed E-state index contributed by atoms with van der Waals surface area (Å²) in [6.45, 7) is 0.350. The molecular weight excluding hydrogens is 433 g/mol. The first-order valence-corrected chi connectivity index (χ1v) is 10.6. The van der Waals surface area contributed by atoms with Gasteiger partial charge in [-0.15, -0.1) is 0 Å². The molecule has 10 heteroatoms. The largest absolute Gasteiger partial charge is 0.481 e. The number of amides is 1. The highest BCUT2D eigenvalue weighted by atomic mass is 35.5. The molecule has 1 fully saturated rings. The third-order valence-electron chi connectivity index (χ3n) is 5.27. The summed E-state index contributed by atoms with van der Waals surface area (Å²) in [5, 5.41) is 12.0. The van der Waals surface area contributed by atoms with E-state index < -0.39 is 30.6 Å².